The van der Waals surface area contributed by atoms with Crippen molar-refractivity contribution in [2.24, 2.45) is 5.73 Å². The number of primary amides is 1. The van der Waals surface area contributed by atoms with Crippen LogP contribution in [-0.2, 0) is 14.3 Å². The summed E-state index contributed by atoms with van der Waals surface area (Å²) in [5.41, 5.74) is 4.89. The maximum absolute atomic E-state index is 11.4. The lowest BCUT2D eigenvalue weighted by Crippen LogP contribution is -2.47. The Hall–Kier alpha value is -1.83. The van der Waals surface area contributed by atoms with Crippen molar-refractivity contribution in [1.82, 2.24) is 10.6 Å². The Morgan fingerprint density at radius 1 is 1.26 bits per heavy atom. The highest BCUT2D eigenvalue weighted by Crippen LogP contribution is 1.94. The third kappa shape index (κ3) is 9.83. The van der Waals surface area contributed by atoms with Crippen LogP contribution in [0.15, 0.2) is 0 Å². The van der Waals surface area contributed by atoms with Crippen molar-refractivity contribution < 1.29 is 24.2 Å². The van der Waals surface area contributed by atoms with Crippen molar-refractivity contribution in [3.8, 4) is 0 Å². The van der Waals surface area contributed by atoms with Crippen LogP contribution in [0, 0.1) is 0 Å². The van der Waals surface area contributed by atoms with Crippen LogP contribution in [0.3, 0.4) is 0 Å². The van der Waals surface area contributed by atoms with Crippen molar-refractivity contribution in [3.05, 3.63) is 0 Å². The molecule has 8 nitrogen and oxygen atoms in total. The number of carbonyl (C=O) groups is 3. The van der Waals surface area contributed by atoms with Gasteiger partial charge in [0.05, 0.1) is 6.42 Å². The van der Waals surface area contributed by atoms with Crippen molar-refractivity contribution in [3.63, 3.8) is 0 Å². The molecule has 110 valence electrons. The van der Waals surface area contributed by atoms with Gasteiger partial charge in [0, 0.05) is 20.3 Å². The number of hydrogen-bond donors (Lipinski definition) is 4. The number of hydrogen-bond acceptors (Lipinski definition) is 4. The summed E-state index contributed by atoms with van der Waals surface area (Å²) in [5, 5.41) is 13.5. The zero-order valence-electron chi connectivity index (χ0n) is 11.0. The molecular formula is C11H21N3O5. The molecule has 0 aliphatic carbocycles. The minimum atomic E-state index is -1.30. The van der Waals surface area contributed by atoms with Crippen LogP contribution in [-0.4, -0.2) is 49.3 Å². The number of unbranched alkanes of at least 4 members (excludes halogenated alkanes) is 2. The van der Waals surface area contributed by atoms with E-state index < -0.39 is 30.4 Å². The first-order chi connectivity index (χ1) is 8.97. The van der Waals surface area contributed by atoms with E-state index in [1.165, 1.54) is 0 Å². The summed E-state index contributed by atoms with van der Waals surface area (Å²) < 4.78 is 4.88. The van der Waals surface area contributed by atoms with Gasteiger partial charge in [-0.1, -0.05) is 0 Å². The van der Waals surface area contributed by atoms with E-state index in [1.807, 2.05) is 0 Å². The molecule has 0 bridgehead atoms. The van der Waals surface area contributed by atoms with Crippen molar-refractivity contribution in [2.75, 3.05) is 20.3 Å². The molecule has 0 spiro atoms. The number of urea groups is 1. The summed E-state index contributed by atoms with van der Waals surface area (Å²) in [7, 11) is 1.62. The monoisotopic (exact) mass is 275 g/mol. The Bertz CT molecular complexity index is 309. The third-order valence-electron chi connectivity index (χ3n) is 2.32. The minimum absolute atomic E-state index is 0.429. The van der Waals surface area contributed by atoms with E-state index in [0.717, 1.165) is 19.3 Å². The maximum Gasteiger partial charge on any atom is 0.326 e. The number of rotatable bonds is 10. The highest BCUT2D eigenvalue weighted by atomic mass is 16.5. The first kappa shape index (κ1) is 17.2. The number of ether oxygens (including phenoxy) is 1. The molecule has 19 heavy (non-hydrogen) atoms. The number of carboxylic acid groups (broad SMARTS) is 1. The summed E-state index contributed by atoms with van der Waals surface area (Å²) in [5.74, 6) is -2.08. The summed E-state index contributed by atoms with van der Waals surface area (Å²) in [6, 6.07) is -1.92. The average Bonchev–Trinajstić information content (AvgIpc) is 2.32. The van der Waals surface area contributed by atoms with E-state index >= 15 is 0 Å². The Kier molecular flexibility index (Phi) is 9.15. The molecule has 5 N–H and O–H groups in total. The first-order valence-electron chi connectivity index (χ1n) is 6.01. The van der Waals surface area contributed by atoms with Gasteiger partial charge in [0.15, 0.2) is 0 Å². The number of amides is 3. The molecule has 0 saturated carbocycles. The van der Waals surface area contributed by atoms with Crippen molar-refractivity contribution in [2.45, 2.75) is 31.7 Å². The van der Waals surface area contributed by atoms with Gasteiger partial charge >= 0.3 is 12.0 Å². The number of aliphatic carboxylic acids is 1. The van der Waals surface area contributed by atoms with Crippen LogP contribution in [0.4, 0.5) is 4.79 Å². The fourth-order valence-corrected chi connectivity index (χ4v) is 1.36. The summed E-state index contributed by atoms with van der Waals surface area (Å²) >= 11 is 0. The number of nitrogens with one attached hydrogen (secondary N) is 2. The van der Waals surface area contributed by atoms with Gasteiger partial charge in [0.2, 0.25) is 5.91 Å². The number of carbonyl (C=O) groups excluding carboxylic acids is 2. The second-order valence-corrected chi connectivity index (χ2v) is 4.01. The molecule has 1 atom stereocenters. The molecule has 0 radical (unpaired) electrons. The van der Waals surface area contributed by atoms with Gasteiger partial charge in [-0.2, -0.15) is 0 Å². The number of methoxy groups -OCH3 is 1. The van der Waals surface area contributed by atoms with Crippen molar-refractivity contribution >= 4 is 17.9 Å². The van der Waals surface area contributed by atoms with Gasteiger partial charge < -0.3 is 26.2 Å². The molecule has 8 heteroatoms. The van der Waals surface area contributed by atoms with Gasteiger partial charge in [-0.25, -0.2) is 9.59 Å². The fourth-order valence-electron chi connectivity index (χ4n) is 1.36. The van der Waals surface area contributed by atoms with Crippen LogP contribution in [0.5, 0.6) is 0 Å². The highest BCUT2D eigenvalue weighted by molar-refractivity contribution is 5.87. The molecule has 3 amide bonds. The summed E-state index contributed by atoms with van der Waals surface area (Å²) in [6.07, 6.45) is 2.14. The topological polar surface area (TPSA) is 131 Å². The second-order valence-electron chi connectivity index (χ2n) is 4.01. The standard InChI is InChI=1S/C11H21N3O5/c1-19-6-4-2-3-5-13-11(18)14-8(10(16)17)7-9(12)15/h8H,2-7H2,1H3,(H2,12,15)(H,16,17)(H2,13,14,18)/t8-/m0/s1. The SMILES string of the molecule is COCCCCCNC(=O)N[C@@H](CC(N)=O)C(=O)O. The maximum atomic E-state index is 11.4. The first-order valence-corrected chi connectivity index (χ1v) is 6.01. The molecular weight excluding hydrogens is 254 g/mol. The van der Waals surface area contributed by atoms with E-state index in [1.54, 1.807) is 7.11 Å². The van der Waals surface area contributed by atoms with Crippen LogP contribution in [0.25, 0.3) is 0 Å². The lowest BCUT2D eigenvalue weighted by atomic mass is 10.2. The molecule has 0 fully saturated rings. The van der Waals surface area contributed by atoms with Crippen LogP contribution in [0.1, 0.15) is 25.7 Å². The van der Waals surface area contributed by atoms with E-state index in [9.17, 15) is 14.4 Å². The smallest absolute Gasteiger partial charge is 0.326 e. The molecule has 0 aliphatic heterocycles. The van der Waals surface area contributed by atoms with Crippen LogP contribution in [0.2, 0.25) is 0 Å². The Balaban J connectivity index is 3.81. The molecule has 0 unspecified atom stereocenters. The lowest BCUT2D eigenvalue weighted by molar-refractivity contribution is -0.140. The summed E-state index contributed by atoms with van der Waals surface area (Å²) in [6.45, 7) is 1.10. The summed E-state index contributed by atoms with van der Waals surface area (Å²) in [4.78, 5) is 32.8. The van der Waals surface area contributed by atoms with E-state index in [4.69, 9.17) is 15.6 Å². The molecule has 0 aromatic carbocycles. The third-order valence-corrected chi connectivity index (χ3v) is 2.32. The van der Waals surface area contributed by atoms with E-state index in [-0.39, 0.29) is 0 Å². The van der Waals surface area contributed by atoms with Gasteiger partial charge in [-0.15, -0.1) is 0 Å². The zero-order chi connectivity index (χ0) is 14.7. The molecule has 0 rings (SSSR count). The number of nitrogens with two attached hydrogens (primary N) is 1. The normalized spacial score (nSPS) is 11.6. The minimum Gasteiger partial charge on any atom is -0.480 e. The molecule has 0 heterocycles. The van der Waals surface area contributed by atoms with Gasteiger partial charge in [-0.3, -0.25) is 4.79 Å². The average molecular weight is 275 g/mol. The Morgan fingerprint density at radius 3 is 2.47 bits per heavy atom. The molecule has 0 aromatic heterocycles. The van der Waals surface area contributed by atoms with Crippen molar-refractivity contribution in [1.29, 1.82) is 0 Å². The van der Waals surface area contributed by atoms with E-state index in [0.29, 0.717) is 13.2 Å². The Morgan fingerprint density at radius 2 is 1.95 bits per heavy atom. The van der Waals surface area contributed by atoms with Gasteiger partial charge in [0.25, 0.3) is 0 Å². The highest BCUT2D eigenvalue weighted by Gasteiger charge is 2.21. The predicted molar refractivity (Wildman–Crippen MR) is 67.5 cm³/mol. The fraction of sp³-hybridized carbons (Fsp3) is 0.727. The zero-order valence-corrected chi connectivity index (χ0v) is 11.0. The van der Waals surface area contributed by atoms with Crippen LogP contribution < -0.4 is 16.4 Å². The lowest BCUT2D eigenvalue weighted by Gasteiger charge is -2.13. The predicted octanol–water partition coefficient (Wildman–Crippen LogP) is -0.569. The molecule has 0 aromatic rings. The van der Waals surface area contributed by atoms with Gasteiger partial charge in [-0.05, 0) is 19.3 Å². The quantitative estimate of drug-likeness (QED) is 0.397. The molecule has 0 saturated heterocycles. The van der Waals surface area contributed by atoms with Gasteiger partial charge in [0.1, 0.15) is 6.04 Å². The largest absolute Gasteiger partial charge is 0.480 e. The number of carboxylic acids is 1. The second kappa shape index (κ2) is 10.1. The van der Waals surface area contributed by atoms with Crippen LogP contribution >= 0.6 is 0 Å². The Labute approximate surface area is 111 Å². The molecule has 0 aliphatic rings. The van der Waals surface area contributed by atoms with E-state index in [2.05, 4.69) is 10.6 Å².